The first-order valence-corrected chi connectivity index (χ1v) is 5.68. The highest BCUT2D eigenvalue weighted by molar-refractivity contribution is 5.98. The Balaban J connectivity index is 1.93. The summed E-state index contributed by atoms with van der Waals surface area (Å²) >= 11 is 0. The molecule has 3 heteroatoms. The van der Waals surface area contributed by atoms with Crippen molar-refractivity contribution in [3.05, 3.63) is 11.6 Å². The van der Waals surface area contributed by atoms with Crippen LogP contribution < -0.4 is 0 Å². The average molecular weight is 206 g/mol. The van der Waals surface area contributed by atoms with Crippen LogP contribution in [0.3, 0.4) is 0 Å². The van der Waals surface area contributed by atoms with Gasteiger partial charge in [0.2, 0.25) is 0 Å². The van der Waals surface area contributed by atoms with Gasteiger partial charge >= 0.3 is 11.9 Å². The van der Waals surface area contributed by atoms with Crippen molar-refractivity contribution in [2.75, 3.05) is 0 Å². The SMILES string of the molecule is CCCC1=CC2CC1C1C(=O)OC(=O)C21. The van der Waals surface area contributed by atoms with E-state index < -0.39 is 0 Å². The van der Waals surface area contributed by atoms with Crippen LogP contribution in [-0.2, 0) is 14.3 Å². The predicted molar refractivity (Wildman–Crippen MR) is 52.7 cm³/mol. The first kappa shape index (κ1) is 9.13. The largest absolute Gasteiger partial charge is 0.393 e. The van der Waals surface area contributed by atoms with Crippen molar-refractivity contribution >= 4 is 11.9 Å². The highest BCUT2D eigenvalue weighted by atomic mass is 16.6. The first-order valence-electron chi connectivity index (χ1n) is 5.68. The molecule has 2 aliphatic carbocycles. The molecule has 3 nitrogen and oxygen atoms in total. The summed E-state index contributed by atoms with van der Waals surface area (Å²) in [5.41, 5.74) is 1.38. The summed E-state index contributed by atoms with van der Waals surface area (Å²) in [7, 11) is 0. The Kier molecular flexibility index (Phi) is 1.79. The molecule has 2 fully saturated rings. The molecule has 0 amide bonds. The molecule has 80 valence electrons. The van der Waals surface area contributed by atoms with Crippen LogP contribution >= 0.6 is 0 Å². The highest BCUT2D eigenvalue weighted by Crippen LogP contribution is 2.55. The Morgan fingerprint density at radius 2 is 2.07 bits per heavy atom. The van der Waals surface area contributed by atoms with Gasteiger partial charge in [0.05, 0.1) is 11.8 Å². The van der Waals surface area contributed by atoms with E-state index in [0.717, 1.165) is 19.3 Å². The molecular weight excluding hydrogens is 192 g/mol. The van der Waals surface area contributed by atoms with Gasteiger partial charge in [0.25, 0.3) is 0 Å². The van der Waals surface area contributed by atoms with E-state index in [4.69, 9.17) is 4.74 Å². The molecule has 0 aromatic rings. The fraction of sp³-hybridized carbons (Fsp3) is 0.667. The molecule has 1 heterocycles. The van der Waals surface area contributed by atoms with Gasteiger partial charge in [-0.1, -0.05) is 25.0 Å². The van der Waals surface area contributed by atoms with Gasteiger partial charge in [-0.15, -0.1) is 0 Å². The molecule has 0 aromatic heterocycles. The molecule has 3 aliphatic rings. The van der Waals surface area contributed by atoms with E-state index in [2.05, 4.69) is 13.0 Å². The molecule has 1 aliphatic heterocycles. The zero-order chi connectivity index (χ0) is 10.6. The maximum Gasteiger partial charge on any atom is 0.318 e. The number of carbonyl (C=O) groups excluding carboxylic acids is 2. The van der Waals surface area contributed by atoms with Crippen LogP contribution in [0.2, 0.25) is 0 Å². The number of hydrogen-bond acceptors (Lipinski definition) is 3. The molecule has 1 saturated carbocycles. The molecule has 0 radical (unpaired) electrons. The average Bonchev–Trinajstić information content (AvgIpc) is 2.80. The molecule has 0 aromatic carbocycles. The molecule has 4 atom stereocenters. The van der Waals surface area contributed by atoms with E-state index in [1.807, 2.05) is 0 Å². The summed E-state index contributed by atoms with van der Waals surface area (Å²) in [5, 5.41) is 0. The van der Waals surface area contributed by atoms with Gasteiger partial charge in [0.1, 0.15) is 0 Å². The molecule has 15 heavy (non-hydrogen) atoms. The van der Waals surface area contributed by atoms with E-state index in [-0.39, 0.29) is 29.7 Å². The lowest BCUT2D eigenvalue weighted by atomic mass is 9.80. The van der Waals surface area contributed by atoms with Crippen LogP contribution in [0.15, 0.2) is 11.6 Å². The van der Waals surface area contributed by atoms with E-state index in [1.165, 1.54) is 5.57 Å². The van der Waals surface area contributed by atoms with Gasteiger partial charge < -0.3 is 4.74 Å². The van der Waals surface area contributed by atoms with E-state index in [0.29, 0.717) is 5.92 Å². The third-order valence-corrected chi connectivity index (χ3v) is 4.00. The van der Waals surface area contributed by atoms with E-state index >= 15 is 0 Å². The lowest BCUT2D eigenvalue weighted by molar-refractivity contribution is -0.154. The molecule has 1 saturated heterocycles. The van der Waals surface area contributed by atoms with Crippen molar-refractivity contribution in [1.82, 2.24) is 0 Å². The number of esters is 2. The Morgan fingerprint density at radius 3 is 2.80 bits per heavy atom. The molecule has 2 bridgehead atoms. The zero-order valence-electron chi connectivity index (χ0n) is 8.73. The number of allylic oxidation sites excluding steroid dienone is 2. The van der Waals surface area contributed by atoms with Gasteiger partial charge in [0.15, 0.2) is 0 Å². The second-order valence-electron chi connectivity index (χ2n) is 4.79. The van der Waals surface area contributed by atoms with Crippen LogP contribution in [0.4, 0.5) is 0 Å². The normalized spacial score (nSPS) is 41.8. The molecule has 0 N–H and O–H groups in total. The third kappa shape index (κ3) is 1.06. The van der Waals surface area contributed by atoms with Crippen LogP contribution in [0.25, 0.3) is 0 Å². The fourth-order valence-electron chi connectivity index (χ4n) is 3.48. The minimum Gasteiger partial charge on any atom is -0.393 e. The lowest BCUT2D eigenvalue weighted by Gasteiger charge is -2.19. The summed E-state index contributed by atoms with van der Waals surface area (Å²) in [6, 6.07) is 0. The quantitative estimate of drug-likeness (QED) is 0.392. The Morgan fingerprint density at radius 1 is 1.33 bits per heavy atom. The fourth-order valence-corrected chi connectivity index (χ4v) is 3.48. The minimum absolute atomic E-state index is 0.144. The summed E-state index contributed by atoms with van der Waals surface area (Å²) in [5.74, 6) is -0.278. The first-order chi connectivity index (χ1) is 7.22. The van der Waals surface area contributed by atoms with Crippen molar-refractivity contribution in [3.8, 4) is 0 Å². The molecule has 3 rings (SSSR count). The van der Waals surface area contributed by atoms with Crippen LogP contribution in [0, 0.1) is 23.7 Å². The van der Waals surface area contributed by atoms with Gasteiger partial charge in [0, 0.05) is 0 Å². The second kappa shape index (κ2) is 2.94. The summed E-state index contributed by atoms with van der Waals surface area (Å²) in [6.45, 7) is 2.14. The predicted octanol–water partition coefficient (Wildman–Crippen LogP) is 1.68. The summed E-state index contributed by atoms with van der Waals surface area (Å²) in [4.78, 5) is 23.0. The van der Waals surface area contributed by atoms with Crippen molar-refractivity contribution in [2.24, 2.45) is 23.7 Å². The number of rotatable bonds is 2. The number of fused-ring (bicyclic) bond motifs is 5. The van der Waals surface area contributed by atoms with Gasteiger partial charge in [-0.3, -0.25) is 9.59 Å². The summed E-state index contributed by atoms with van der Waals surface area (Å²) < 4.78 is 4.72. The van der Waals surface area contributed by atoms with Crippen molar-refractivity contribution in [1.29, 1.82) is 0 Å². The van der Waals surface area contributed by atoms with Crippen LogP contribution in [0.1, 0.15) is 26.2 Å². The van der Waals surface area contributed by atoms with Crippen LogP contribution in [-0.4, -0.2) is 11.9 Å². The van der Waals surface area contributed by atoms with Crippen molar-refractivity contribution in [2.45, 2.75) is 26.2 Å². The molecular formula is C12H14O3. The highest BCUT2D eigenvalue weighted by Gasteiger charge is 2.59. The van der Waals surface area contributed by atoms with Crippen molar-refractivity contribution < 1.29 is 14.3 Å². The maximum absolute atomic E-state index is 11.5. The number of carbonyl (C=O) groups is 2. The Labute approximate surface area is 88.5 Å². The molecule has 0 spiro atoms. The Hall–Kier alpha value is -1.12. The smallest absolute Gasteiger partial charge is 0.318 e. The second-order valence-corrected chi connectivity index (χ2v) is 4.79. The third-order valence-electron chi connectivity index (χ3n) is 4.00. The topological polar surface area (TPSA) is 43.4 Å². The number of hydrogen-bond donors (Lipinski definition) is 0. The van der Waals surface area contributed by atoms with E-state index in [9.17, 15) is 9.59 Å². The maximum atomic E-state index is 11.5. The van der Waals surface area contributed by atoms with E-state index in [1.54, 1.807) is 0 Å². The van der Waals surface area contributed by atoms with Gasteiger partial charge in [-0.2, -0.15) is 0 Å². The van der Waals surface area contributed by atoms with Gasteiger partial charge in [-0.25, -0.2) is 0 Å². The zero-order valence-corrected chi connectivity index (χ0v) is 8.73. The summed E-state index contributed by atoms with van der Waals surface area (Å²) in [6.07, 6.45) is 5.38. The Bertz CT molecular complexity index is 369. The lowest BCUT2D eigenvalue weighted by Crippen LogP contribution is -2.24. The molecule has 4 unspecified atom stereocenters. The standard InChI is InChI=1S/C12H14O3/c1-2-3-6-4-7-5-8(6)10-9(7)11(13)15-12(10)14/h4,7-10H,2-3,5H2,1H3. The van der Waals surface area contributed by atoms with Crippen LogP contribution in [0.5, 0.6) is 0 Å². The number of cyclic esters (lactones) is 2. The number of ether oxygens (including phenoxy) is 1. The minimum atomic E-state index is -0.288. The monoisotopic (exact) mass is 206 g/mol. The van der Waals surface area contributed by atoms with Gasteiger partial charge in [-0.05, 0) is 24.7 Å². The van der Waals surface area contributed by atoms with Crippen molar-refractivity contribution in [3.63, 3.8) is 0 Å².